The third-order valence-electron chi connectivity index (χ3n) is 2.29. The number of nitrogens with one attached hydrogen (secondary N) is 1. The Balaban J connectivity index is 2.14. The van der Waals surface area contributed by atoms with E-state index in [4.69, 9.17) is 4.42 Å². The number of aromatic nitrogens is 4. The molecule has 0 aliphatic carbocycles. The van der Waals surface area contributed by atoms with Crippen LogP contribution >= 0.6 is 0 Å². The normalized spacial score (nSPS) is 10.5. The quantitative estimate of drug-likeness (QED) is 0.703. The second kappa shape index (κ2) is 3.62. The largest absolute Gasteiger partial charge is 0.471 e. The molecule has 16 heavy (non-hydrogen) atoms. The predicted molar refractivity (Wildman–Crippen MR) is 56.2 cm³/mol. The summed E-state index contributed by atoms with van der Waals surface area (Å²) < 4.78 is 5.20. The van der Waals surface area contributed by atoms with E-state index < -0.39 is 0 Å². The van der Waals surface area contributed by atoms with E-state index in [2.05, 4.69) is 26.7 Å². The van der Waals surface area contributed by atoms with E-state index in [-0.39, 0.29) is 0 Å². The fraction of sp³-hybridized carbons (Fsp3) is 0. The number of furan rings is 1. The average Bonchev–Trinajstić information content (AvgIpc) is 3.01. The lowest BCUT2D eigenvalue weighted by molar-refractivity contribution is 0.568. The molecule has 0 atom stereocenters. The Labute approximate surface area is 91.1 Å². The van der Waals surface area contributed by atoms with E-state index in [1.54, 1.807) is 12.5 Å². The first-order valence-corrected chi connectivity index (χ1v) is 4.72. The van der Waals surface area contributed by atoms with Crippen molar-refractivity contribution < 1.29 is 4.42 Å². The monoisotopic (exact) mass is 211 g/mol. The zero-order valence-electron chi connectivity index (χ0n) is 8.21. The fourth-order valence-electron chi connectivity index (χ4n) is 1.54. The summed E-state index contributed by atoms with van der Waals surface area (Å²) in [4.78, 5) is 0. The lowest BCUT2D eigenvalue weighted by Gasteiger charge is -1.98. The molecule has 0 bridgehead atoms. The Morgan fingerprint density at radius 2 is 1.94 bits per heavy atom. The van der Waals surface area contributed by atoms with E-state index >= 15 is 0 Å². The lowest BCUT2D eigenvalue weighted by atomic mass is 10.0. The first-order chi connectivity index (χ1) is 7.95. The van der Waals surface area contributed by atoms with Crippen molar-refractivity contribution in [1.82, 2.24) is 20.6 Å². The van der Waals surface area contributed by atoms with Crippen LogP contribution < -0.4 is 0 Å². The van der Waals surface area contributed by atoms with E-state index in [0.717, 1.165) is 16.7 Å². The molecule has 0 spiro atoms. The van der Waals surface area contributed by atoms with Crippen LogP contribution in [0.15, 0.2) is 41.2 Å². The third-order valence-corrected chi connectivity index (χ3v) is 2.29. The van der Waals surface area contributed by atoms with Gasteiger partial charge in [-0.05, 0) is 22.1 Å². The highest BCUT2D eigenvalue weighted by atomic mass is 16.3. The van der Waals surface area contributed by atoms with Crippen LogP contribution in [0.4, 0.5) is 0 Å². The number of rotatable bonds is 2. The number of aromatic amines is 1. The molecule has 1 radical (unpaired) electrons. The van der Waals surface area contributed by atoms with Gasteiger partial charge in [-0.1, -0.05) is 24.3 Å². The number of benzene rings is 1. The van der Waals surface area contributed by atoms with Crippen molar-refractivity contribution in [1.29, 1.82) is 0 Å². The molecule has 0 saturated heterocycles. The molecule has 2 aromatic heterocycles. The highest BCUT2D eigenvalue weighted by Gasteiger charge is 2.12. The van der Waals surface area contributed by atoms with Crippen LogP contribution in [0.2, 0.25) is 0 Å². The van der Waals surface area contributed by atoms with Gasteiger partial charge in [0.2, 0.25) is 0 Å². The van der Waals surface area contributed by atoms with Gasteiger partial charge in [0.25, 0.3) is 0 Å². The number of hydrogen-bond acceptors (Lipinski definition) is 4. The second-order valence-electron chi connectivity index (χ2n) is 3.24. The summed E-state index contributed by atoms with van der Waals surface area (Å²) in [5.74, 6) is 0.594. The van der Waals surface area contributed by atoms with Crippen molar-refractivity contribution in [2.75, 3.05) is 0 Å². The maximum Gasteiger partial charge on any atom is 0.183 e. The van der Waals surface area contributed by atoms with Gasteiger partial charge in [-0.3, -0.25) is 0 Å². The summed E-state index contributed by atoms with van der Waals surface area (Å²) in [7, 11) is 0. The molecular weight excluding hydrogens is 204 g/mol. The van der Waals surface area contributed by atoms with Crippen LogP contribution in [-0.4, -0.2) is 20.6 Å². The fourth-order valence-corrected chi connectivity index (χ4v) is 1.54. The zero-order chi connectivity index (χ0) is 10.8. The minimum Gasteiger partial charge on any atom is -0.471 e. The first kappa shape index (κ1) is 8.84. The molecule has 3 aromatic rings. The van der Waals surface area contributed by atoms with Crippen molar-refractivity contribution in [3.8, 4) is 22.5 Å². The maximum atomic E-state index is 5.20. The van der Waals surface area contributed by atoms with Crippen molar-refractivity contribution in [3.05, 3.63) is 42.9 Å². The molecule has 0 saturated carbocycles. The Morgan fingerprint density at radius 3 is 2.69 bits per heavy atom. The number of nitrogens with zero attached hydrogens (tertiary/aromatic N) is 3. The molecule has 0 aliphatic rings. The summed E-state index contributed by atoms with van der Waals surface area (Å²) in [5.41, 5.74) is 2.84. The van der Waals surface area contributed by atoms with Gasteiger partial charge >= 0.3 is 0 Å². The first-order valence-electron chi connectivity index (χ1n) is 4.72. The van der Waals surface area contributed by atoms with Crippen LogP contribution in [0.25, 0.3) is 22.5 Å². The average molecular weight is 211 g/mol. The van der Waals surface area contributed by atoms with Crippen LogP contribution in [0, 0.1) is 6.07 Å². The van der Waals surface area contributed by atoms with Crippen molar-refractivity contribution in [2.24, 2.45) is 0 Å². The van der Waals surface area contributed by atoms with E-state index in [1.807, 2.05) is 24.3 Å². The molecule has 0 amide bonds. The Morgan fingerprint density at radius 1 is 1.12 bits per heavy atom. The third kappa shape index (κ3) is 1.38. The van der Waals surface area contributed by atoms with Gasteiger partial charge in [0, 0.05) is 5.56 Å². The van der Waals surface area contributed by atoms with Crippen molar-refractivity contribution in [2.45, 2.75) is 0 Å². The maximum absolute atomic E-state index is 5.20. The van der Waals surface area contributed by atoms with Crippen molar-refractivity contribution in [3.63, 3.8) is 0 Å². The lowest BCUT2D eigenvalue weighted by Crippen LogP contribution is -1.82. The number of tetrazole rings is 1. The molecule has 1 N–H and O–H groups in total. The molecule has 1 aromatic carbocycles. The summed E-state index contributed by atoms with van der Waals surface area (Å²) in [6.07, 6.45) is 3.29. The highest BCUT2D eigenvalue weighted by Crippen LogP contribution is 2.30. The van der Waals surface area contributed by atoms with Gasteiger partial charge in [-0.2, -0.15) is 0 Å². The SMILES string of the molecule is [c]1ccc(-c2cocc2-c2nnn[nH]2)cc1. The Bertz CT molecular complexity index is 571. The smallest absolute Gasteiger partial charge is 0.183 e. The number of hydrogen-bond donors (Lipinski definition) is 1. The summed E-state index contributed by atoms with van der Waals surface area (Å²) in [5, 5.41) is 13.7. The van der Waals surface area contributed by atoms with Gasteiger partial charge < -0.3 is 4.42 Å². The van der Waals surface area contributed by atoms with Gasteiger partial charge in [-0.25, -0.2) is 5.10 Å². The molecular formula is C11H7N4O. The minimum atomic E-state index is 0.594. The second-order valence-corrected chi connectivity index (χ2v) is 3.24. The Kier molecular flexibility index (Phi) is 2.00. The zero-order valence-corrected chi connectivity index (χ0v) is 8.21. The molecule has 5 nitrogen and oxygen atoms in total. The molecule has 3 rings (SSSR count). The molecule has 0 fully saturated rings. The molecule has 2 heterocycles. The number of H-pyrrole nitrogens is 1. The molecule has 5 heteroatoms. The van der Waals surface area contributed by atoms with Gasteiger partial charge in [0.05, 0.1) is 11.8 Å². The van der Waals surface area contributed by atoms with Crippen LogP contribution in [0.3, 0.4) is 0 Å². The van der Waals surface area contributed by atoms with Crippen LogP contribution in [-0.2, 0) is 0 Å². The molecule has 0 aliphatic heterocycles. The topological polar surface area (TPSA) is 67.6 Å². The van der Waals surface area contributed by atoms with E-state index in [1.165, 1.54) is 0 Å². The minimum absolute atomic E-state index is 0.594. The molecule has 0 unspecified atom stereocenters. The molecule has 77 valence electrons. The van der Waals surface area contributed by atoms with Crippen LogP contribution in [0.5, 0.6) is 0 Å². The van der Waals surface area contributed by atoms with Gasteiger partial charge in [0.1, 0.15) is 6.26 Å². The highest BCUT2D eigenvalue weighted by molar-refractivity contribution is 5.78. The summed E-state index contributed by atoms with van der Waals surface area (Å²) >= 11 is 0. The van der Waals surface area contributed by atoms with Crippen LogP contribution in [0.1, 0.15) is 0 Å². The standard InChI is InChI=1S/C11H7N4O/c1-2-4-8(5-3-1)9-6-16-7-10(9)11-12-14-15-13-11/h2-7H,(H,12,13,14,15). The van der Waals surface area contributed by atoms with E-state index in [0.29, 0.717) is 5.82 Å². The Hall–Kier alpha value is -2.43. The summed E-state index contributed by atoms with van der Waals surface area (Å²) in [6.45, 7) is 0. The van der Waals surface area contributed by atoms with Crippen molar-refractivity contribution >= 4 is 0 Å². The summed E-state index contributed by atoms with van der Waals surface area (Å²) in [6, 6.07) is 10.6. The van der Waals surface area contributed by atoms with E-state index in [9.17, 15) is 0 Å². The van der Waals surface area contributed by atoms with Gasteiger partial charge in [0.15, 0.2) is 5.82 Å². The predicted octanol–water partition coefficient (Wildman–Crippen LogP) is 1.93. The van der Waals surface area contributed by atoms with Gasteiger partial charge in [-0.15, -0.1) is 5.10 Å².